The average molecular weight is 363 g/mol. The highest BCUT2D eigenvalue weighted by Crippen LogP contribution is 2.64. The minimum Gasteiger partial charge on any atom is -0.378 e. The number of anilines is 2. The molecule has 5 nitrogen and oxygen atoms in total. The van der Waals surface area contributed by atoms with Gasteiger partial charge >= 0.3 is 0 Å². The molecule has 1 aromatic carbocycles. The first kappa shape index (κ1) is 16.8. The van der Waals surface area contributed by atoms with E-state index in [1.807, 2.05) is 12.1 Å². The summed E-state index contributed by atoms with van der Waals surface area (Å²) in [5, 5.41) is 3.05. The monoisotopic (exact) mass is 363 g/mol. The van der Waals surface area contributed by atoms with Crippen molar-refractivity contribution in [2.75, 3.05) is 36.5 Å². The van der Waals surface area contributed by atoms with Gasteiger partial charge in [-0.15, -0.1) is 0 Å². The van der Waals surface area contributed by atoms with Crippen LogP contribution < -0.4 is 10.2 Å². The van der Waals surface area contributed by atoms with Gasteiger partial charge in [-0.25, -0.2) is 4.98 Å². The molecule has 2 aromatic rings. The summed E-state index contributed by atoms with van der Waals surface area (Å²) < 4.78 is 5.38. The lowest BCUT2D eigenvalue weighted by atomic mass is 9.86. The molecule has 0 bridgehead atoms. The Balaban J connectivity index is 1.24. The van der Waals surface area contributed by atoms with Gasteiger partial charge in [0.15, 0.2) is 0 Å². The highest BCUT2D eigenvalue weighted by atomic mass is 16.5. The van der Waals surface area contributed by atoms with Crippen LogP contribution >= 0.6 is 0 Å². The second kappa shape index (κ2) is 6.64. The molecule has 1 saturated heterocycles. The fourth-order valence-corrected chi connectivity index (χ4v) is 4.72. The Morgan fingerprint density at radius 1 is 1.19 bits per heavy atom. The molecule has 2 fully saturated rings. The van der Waals surface area contributed by atoms with E-state index in [2.05, 4.69) is 39.5 Å². The van der Waals surface area contributed by atoms with E-state index in [0.29, 0.717) is 17.8 Å². The molecule has 27 heavy (non-hydrogen) atoms. The Morgan fingerprint density at radius 2 is 2.00 bits per heavy atom. The van der Waals surface area contributed by atoms with Crippen molar-refractivity contribution < 1.29 is 9.53 Å². The summed E-state index contributed by atoms with van der Waals surface area (Å²) >= 11 is 0. The van der Waals surface area contributed by atoms with Crippen LogP contribution in [0.2, 0.25) is 0 Å². The van der Waals surface area contributed by atoms with Gasteiger partial charge in [0, 0.05) is 19.5 Å². The van der Waals surface area contributed by atoms with E-state index in [-0.39, 0.29) is 5.91 Å². The van der Waals surface area contributed by atoms with E-state index < -0.39 is 0 Å². The van der Waals surface area contributed by atoms with Gasteiger partial charge in [-0.05, 0) is 53.9 Å². The Bertz CT molecular complexity index is 839. The van der Waals surface area contributed by atoms with E-state index in [1.54, 1.807) is 6.20 Å². The van der Waals surface area contributed by atoms with Gasteiger partial charge in [-0.1, -0.05) is 24.3 Å². The number of nitrogens with one attached hydrogen (secondary N) is 1. The summed E-state index contributed by atoms with van der Waals surface area (Å²) in [5.74, 6) is 1.39. The Kier molecular flexibility index (Phi) is 4.12. The third kappa shape index (κ3) is 3.21. The van der Waals surface area contributed by atoms with Crippen LogP contribution in [0.4, 0.5) is 11.5 Å². The first-order valence-electron chi connectivity index (χ1n) is 9.90. The number of benzene rings is 1. The molecule has 1 spiro atoms. The Hall–Kier alpha value is -2.40. The van der Waals surface area contributed by atoms with Crippen molar-refractivity contribution in [2.45, 2.75) is 31.6 Å². The van der Waals surface area contributed by atoms with Crippen LogP contribution in [0.15, 0.2) is 42.6 Å². The first-order valence-corrected chi connectivity index (χ1v) is 9.90. The lowest BCUT2D eigenvalue weighted by molar-refractivity contribution is -0.116. The van der Waals surface area contributed by atoms with Crippen LogP contribution in [0.1, 0.15) is 36.3 Å². The summed E-state index contributed by atoms with van der Waals surface area (Å²) in [6.45, 7) is 3.21. The number of ether oxygens (including phenoxy) is 1. The van der Waals surface area contributed by atoms with Gasteiger partial charge in [-0.2, -0.15) is 0 Å². The summed E-state index contributed by atoms with van der Waals surface area (Å²) in [6, 6.07) is 12.6. The predicted octanol–water partition coefficient (Wildman–Crippen LogP) is 3.37. The van der Waals surface area contributed by atoms with E-state index in [0.717, 1.165) is 44.2 Å². The predicted molar refractivity (Wildman–Crippen MR) is 105 cm³/mol. The van der Waals surface area contributed by atoms with Crippen molar-refractivity contribution in [3.63, 3.8) is 0 Å². The standard InChI is InChI=1S/C22H25N3O2/c26-21(13-19-18-4-2-1-3-16(18)14-22(19)7-8-22)24-17-5-6-20(23-15-17)25-9-11-27-12-10-25/h1-6,15,19H,7-14H2,(H,24,26). The number of nitrogens with zero attached hydrogens (tertiary/aromatic N) is 2. The van der Waals surface area contributed by atoms with Crippen molar-refractivity contribution in [1.82, 2.24) is 4.98 Å². The lowest BCUT2D eigenvalue weighted by Gasteiger charge is -2.27. The van der Waals surface area contributed by atoms with Gasteiger partial charge in [0.25, 0.3) is 0 Å². The van der Waals surface area contributed by atoms with Crippen LogP contribution in [-0.2, 0) is 16.0 Å². The topological polar surface area (TPSA) is 54.5 Å². The molecule has 1 N–H and O–H groups in total. The summed E-state index contributed by atoms with van der Waals surface area (Å²) in [4.78, 5) is 19.4. The van der Waals surface area contributed by atoms with E-state index in [4.69, 9.17) is 4.74 Å². The number of morpholine rings is 1. The van der Waals surface area contributed by atoms with Gasteiger partial charge in [-0.3, -0.25) is 4.79 Å². The molecule has 1 amide bonds. The number of hydrogen-bond acceptors (Lipinski definition) is 4. The molecule has 0 radical (unpaired) electrons. The summed E-state index contributed by atoms with van der Waals surface area (Å²) in [7, 11) is 0. The third-order valence-corrected chi connectivity index (χ3v) is 6.36. The van der Waals surface area contributed by atoms with Crippen LogP contribution in [0.3, 0.4) is 0 Å². The van der Waals surface area contributed by atoms with Crippen molar-refractivity contribution in [2.24, 2.45) is 5.41 Å². The third-order valence-electron chi connectivity index (χ3n) is 6.36. The van der Waals surface area contributed by atoms with Crippen molar-refractivity contribution in [3.8, 4) is 0 Å². The quantitative estimate of drug-likeness (QED) is 0.905. The van der Waals surface area contributed by atoms with Crippen molar-refractivity contribution in [1.29, 1.82) is 0 Å². The number of pyridine rings is 1. The smallest absolute Gasteiger partial charge is 0.225 e. The molecule has 5 rings (SSSR count). The molecule has 140 valence electrons. The van der Waals surface area contributed by atoms with E-state index >= 15 is 0 Å². The van der Waals surface area contributed by atoms with Gasteiger partial charge in [0.1, 0.15) is 5.82 Å². The zero-order valence-corrected chi connectivity index (χ0v) is 15.5. The highest BCUT2D eigenvalue weighted by Gasteiger charge is 2.54. The molecule has 5 heteroatoms. The molecular formula is C22H25N3O2. The second-order valence-electron chi connectivity index (χ2n) is 8.05. The summed E-state index contributed by atoms with van der Waals surface area (Å²) in [6.07, 6.45) is 5.95. The maximum absolute atomic E-state index is 12.7. The molecule has 2 heterocycles. The lowest BCUT2D eigenvalue weighted by Crippen LogP contribution is -2.36. The molecular weight excluding hydrogens is 338 g/mol. The van der Waals surface area contributed by atoms with Gasteiger partial charge in [0.2, 0.25) is 5.91 Å². The van der Waals surface area contributed by atoms with Gasteiger partial charge < -0.3 is 15.0 Å². The molecule has 1 unspecified atom stereocenters. The fourth-order valence-electron chi connectivity index (χ4n) is 4.72. The first-order chi connectivity index (χ1) is 13.2. The number of carbonyl (C=O) groups is 1. The van der Waals surface area contributed by atoms with Gasteiger partial charge in [0.05, 0.1) is 25.1 Å². The number of hydrogen-bond donors (Lipinski definition) is 1. The number of aromatic nitrogens is 1. The van der Waals surface area contributed by atoms with E-state index in [1.165, 1.54) is 24.0 Å². The van der Waals surface area contributed by atoms with Crippen LogP contribution in [0.25, 0.3) is 0 Å². The second-order valence-corrected chi connectivity index (χ2v) is 8.05. The molecule has 3 aliphatic rings. The molecule has 2 aliphatic carbocycles. The van der Waals surface area contributed by atoms with Crippen LogP contribution in [0.5, 0.6) is 0 Å². The zero-order valence-electron chi connectivity index (χ0n) is 15.5. The van der Waals surface area contributed by atoms with Crippen molar-refractivity contribution >= 4 is 17.4 Å². The zero-order chi connectivity index (χ0) is 18.3. The maximum Gasteiger partial charge on any atom is 0.225 e. The molecule has 1 aromatic heterocycles. The largest absolute Gasteiger partial charge is 0.378 e. The molecule has 1 saturated carbocycles. The molecule has 1 atom stereocenters. The Morgan fingerprint density at radius 3 is 2.74 bits per heavy atom. The molecule has 1 aliphatic heterocycles. The normalized spacial score (nSPS) is 22.5. The number of carbonyl (C=O) groups excluding carboxylic acids is 1. The minimum atomic E-state index is 0.0869. The maximum atomic E-state index is 12.7. The number of amides is 1. The number of fused-ring (bicyclic) bond motifs is 1. The van der Waals surface area contributed by atoms with Crippen LogP contribution in [0, 0.1) is 5.41 Å². The highest BCUT2D eigenvalue weighted by molar-refractivity contribution is 5.91. The SMILES string of the molecule is O=C(CC1c2ccccc2CC12CC2)Nc1ccc(N2CCOCC2)nc1. The summed E-state index contributed by atoms with van der Waals surface area (Å²) in [5.41, 5.74) is 3.93. The van der Waals surface area contributed by atoms with E-state index in [9.17, 15) is 4.79 Å². The minimum absolute atomic E-state index is 0.0869. The van der Waals surface area contributed by atoms with Crippen molar-refractivity contribution in [3.05, 3.63) is 53.7 Å². The Labute approximate surface area is 159 Å². The fraction of sp³-hybridized carbons (Fsp3) is 0.455. The van der Waals surface area contributed by atoms with Crippen LogP contribution in [-0.4, -0.2) is 37.2 Å². The average Bonchev–Trinajstić information content (AvgIpc) is 3.41. The number of rotatable bonds is 4.